The van der Waals surface area contributed by atoms with Gasteiger partial charge < -0.3 is 19.9 Å². The van der Waals surface area contributed by atoms with Crippen LogP contribution >= 0.6 is 0 Å². The zero-order valence-electron chi connectivity index (χ0n) is 17.5. The SMILES string of the molecule is COCCOC(=O)C1=C(N)OC2=C(C(=O)CC(C)(C)C2)[C@@H]1c1ccc(C(F)(F)F)cc1. The van der Waals surface area contributed by atoms with Gasteiger partial charge in [-0.25, -0.2) is 4.79 Å². The summed E-state index contributed by atoms with van der Waals surface area (Å²) < 4.78 is 54.8. The van der Waals surface area contributed by atoms with E-state index in [1.54, 1.807) is 0 Å². The van der Waals surface area contributed by atoms with E-state index in [1.807, 2.05) is 13.8 Å². The number of nitrogens with two attached hydrogens (primary N) is 1. The van der Waals surface area contributed by atoms with Crippen LogP contribution in [0.4, 0.5) is 13.2 Å². The predicted octanol–water partition coefficient (Wildman–Crippen LogP) is 3.82. The average Bonchev–Trinajstić information content (AvgIpc) is 2.65. The van der Waals surface area contributed by atoms with E-state index < -0.39 is 23.6 Å². The number of carbonyl (C=O) groups excluding carboxylic acids is 2. The Kier molecular flexibility index (Phi) is 6.18. The number of ketones is 1. The highest BCUT2D eigenvalue weighted by Gasteiger charge is 2.45. The molecule has 0 bridgehead atoms. The normalized spacial score (nSPS) is 21.0. The molecule has 0 spiro atoms. The summed E-state index contributed by atoms with van der Waals surface area (Å²) in [4.78, 5) is 25.8. The minimum absolute atomic E-state index is 0.0568. The fourth-order valence-electron chi connectivity index (χ4n) is 3.88. The number of benzene rings is 1. The molecule has 1 heterocycles. The number of rotatable bonds is 5. The monoisotopic (exact) mass is 439 g/mol. The third kappa shape index (κ3) is 4.76. The van der Waals surface area contributed by atoms with Crippen molar-refractivity contribution in [2.45, 2.75) is 38.8 Å². The summed E-state index contributed by atoms with van der Waals surface area (Å²) in [5.41, 5.74) is 5.27. The van der Waals surface area contributed by atoms with E-state index in [0.29, 0.717) is 17.7 Å². The molecule has 9 heteroatoms. The van der Waals surface area contributed by atoms with Crippen molar-refractivity contribution in [3.63, 3.8) is 0 Å². The van der Waals surface area contributed by atoms with Crippen LogP contribution in [-0.4, -0.2) is 32.1 Å². The predicted molar refractivity (Wildman–Crippen MR) is 104 cm³/mol. The van der Waals surface area contributed by atoms with E-state index >= 15 is 0 Å². The van der Waals surface area contributed by atoms with Gasteiger partial charge in [-0.15, -0.1) is 0 Å². The fourth-order valence-corrected chi connectivity index (χ4v) is 3.88. The van der Waals surface area contributed by atoms with Crippen molar-refractivity contribution < 1.29 is 37.0 Å². The van der Waals surface area contributed by atoms with E-state index in [-0.39, 0.29) is 47.9 Å². The van der Waals surface area contributed by atoms with Crippen molar-refractivity contribution >= 4 is 11.8 Å². The van der Waals surface area contributed by atoms with E-state index in [4.69, 9.17) is 19.9 Å². The second kappa shape index (κ2) is 8.37. The summed E-state index contributed by atoms with van der Waals surface area (Å²) in [6.07, 6.45) is -3.91. The van der Waals surface area contributed by atoms with Gasteiger partial charge in [0.25, 0.3) is 0 Å². The molecule has 1 aromatic carbocycles. The number of hydrogen-bond acceptors (Lipinski definition) is 6. The topological polar surface area (TPSA) is 87.8 Å². The Bertz CT molecular complexity index is 945. The molecule has 0 unspecified atom stereocenters. The van der Waals surface area contributed by atoms with E-state index in [9.17, 15) is 22.8 Å². The standard InChI is InChI=1S/C22H24F3NO5/c1-21(2)10-14(27)17-15(11-21)31-19(26)18(20(28)30-9-8-29-3)16(17)12-4-6-13(7-5-12)22(23,24)25/h4-7,16H,8-11,26H2,1-3H3/t16-/m0/s1. The van der Waals surface area contributed by atoms with Gasteiger partial charge in [0.05, 0.1) is 18.1 Å². The molecule has 6 nitrogen and oxygen atoms in total. The molecule has 0 radical (unpaired) electrons. The highest BCUT2D eigenvalue weighted by molar-refractivity contribution is 6.03. The van der Waals surface area contributed by atoms with Gasteiger partial charge in [-0.1, -0.05) is 26.0 Å². The number of methoxy groups -OCH3 is 1. The summed E-state index contributed by atoms with van der Waals surface area (Å²) in [5, 5.41) is 0. The molecule has 0 aromatic heterocycles. The Morgan fingerprint density at radius 2 is 1.84 bits per heavy atom. The van der Waals surface area contributed by atoms with Gasteiger partial charge in [-0.05, 0) is 23.1 Å². The first-order valence-electron chi connectivity index (χ1n) is 9.71. The van der Waals surface area contributed by atoms with Crippen LogP contribution in [0.15, 0.2) is 47.1 Å². The van der Waals surface area contributed by atoms with Crippen molar-refractivity contribution in [1.29, 1.82) is 0 Å². The van der Waals surface area contributed by atoms with E-state index in [2.05, 4.69) is 0 Å². The zero-order chi connectivity index (χ0) is 23.0. The lowest BCUT2D eigenvalue weighted by Crippen LogP contribution is -2.36. The lowest BCUT2D eigenvalue weighted by atomic mass is 9.70. The number of alkyl halides is 3. The average molecular weight is 439 g/mol. The maximum Gasteiger partial charge on any atom is 0.416 e. The Morgan fingerprint density at radius 3 is 2.42 bits per heavy atom. The van der Waals surface area contributed by atoms with Crippen LogP contribution < -0.4 is 5.73 Å². The van der Waals surface area contributed by atoms with Crippen LogP contribution in [0.25, 0.3) is 0 Å². The van der Waals surface area contributed by atoms with Gasteiger partial charge in [0.1, 0.15) is 17.9 Å². The van der Waals surface area contributed by atoms with Crippen LogP contribution in [0.2, 0.25) is 0 Å². The van der Waals surface area contributed by atoms with Crippen LogP contribution in [0.5, 0.6) is 0 Å². The first-order valence-corrected chi connectivity index (χ1v) is 9.71. The van der Waals surface area contributed by atoms with Gasteiger partial charge in [0.2, 0.25) is 5.88 Å². The highest BCUT2D eigenvalue weighted by atomic mass is 19.4. The molecule has 2 aliphatic rings. The number of Topliss-reactive ketones (excluding diaryl/α,β-unsaturated/α-hetero) is 1. The van der Waals surface area contributed by atoms with Crippen molar-refractivity contribution in [3.8, 4) is 0 Å². The van der Waals surface area contributed by atoms with Crippen LogP contribution in [0.3, 0.4) is 0 Å². The number of allylic oxidation sites excluding steroid dienone is 2. The molecule has 1 atom stereocenters. The summed E-state index contributed by atoms with van der Waals surface area (Å²) in [7, 11) is 1.44. The highest BCUT2D eigenvalue weighted by Crippen LogP contribution is 2.48. The lowest BCUT2D eigenvalue weighted by Gasteiger charge is -2.38. The molecule has 1 aliphatic heterocycles. The number of ether oxygens (including phenoxy) is 3. The maximum atomic E-state index is 13.0. The van der Waals surface area contributed by atoms with Crippen molar-refractivity contribution in [3.05, 3.63) is 58.2 Å². The molecule has 1 aliphatic carbocycles. The first kappa shape index (κ1) is 22.9. The molecule has 31 heavy (non-hydrogen) atoms. The van der Waals surface area contributed by atoms with E-state index in [1.165, 1.54) is 19.2 Å². The molecule has 0 saturated heterocycles. The van der Waals surface area contributed by atoms with Crippen LogP contribution in [0, 0.1) is 5.41 Å². The van der Waals surface area contributed by atoms with Gasteiger partial charge in [0, 0.05) is 25.5 Å². The maximum absolute atomic E-state index is 13.0. The Labute approximate surface area is 177 Å². The first-order chi connectivity index (χ1) is 14.4. The van der Waals surface area contributed by atoms with Crippen LogP contribution in [0.1, 0.15) is 43.7 Å². The third-order valence-electron chi connectivity index (χ3n) is 5.27. The summed E-state index contributed by atoms with van der Waals surface area (Å²) in [5.74, 6) is -1.94. The molecule has 0 fully saturated rings. The quantitative estimate of drug-likeness (QED) is 0.554. The summed E-state index contributed by atoms with van der Waals surface area (Å²) in [6, 6.07) is 4.30. The summed E-state index contributed by atoms with van der Waals surface area (Å²) >= 11 is 0. The van der Waals surface area contributed by atoms with Crippen LogP contribution in [-0.2, 0) is 30.0 Å². The molecular formula is C22H24F3NO5. The molecule has 168 valence electrons. The number of esters is 1. The molecule has 0 amide bonds. The minimum atomic E-state index is -4.51. The van der Waals surface area contributed by atoms with E-state index in [0.717, 1.165) is 12.1 Å². The Balaban J connectivity index is 2.09. The number of halogens is 3. The zero-order valence-corrected chi connectivity index (χ0v) is 17.5. The lowest BCUT2D eigenvalue weighted by molar-refractivity contribution is -0.141. The van der Waals surface area contributed by atoms with Gasteiger partial charge in [0.15, 0.2) is 5.78 Å². The molecule has 3 rings (SSSR count). The largest absolute Gasteiger partial charge is 0.460 e. The molecule has 2 N–H and O–H groups in total. The third-order valence-corrected chi connectivity index (χ3v) is 5.27. The molecule has 1 aromatic rings. The number of carbonyl (C=O) groups is 2. The number of hydrogen-bond donors (Lipinski definition) is 1. The van der Waals surface area contributed by atoms with Crippen molar-refractivity contribution in [2.24, 2.45) is 11.1 Å². The van der Waals surface area contributed by atoms with Crippen molar-refractivity contribution in [2.75, 3.05) is 20.3 Å². The Hall–Kier alpha value is -2.81. The molecule has 0 saturated carbocycles. The second-order valence-corrected chi connectivity index (χ2v) is 8.34. The Morgan fingerprint density at radius 1 is 1.19 bits per heavy atom. The van der Waals surface area contributed by atoms with Gasteiger partial charge in [-0.3, -0.25) is 4.79 Å². The van der Waals surface area contributed by atoms with Gasteiger partial charge >= 0.3 is 12.1 Å². The smallest absolute Gasteiger partial charge is 0.416 e. The summed E-state index contributed by atoms with van der Waals surface area (Å²) in [6.45, 7) is 3.89. The second-order valence-electron chi connectivity index (χ2n) is 8.34. The van der Waals surface area contributed by atoms with Gasteiger partial charge in [-0.2, -0.15) is 13.2 Å². The van der Waals surface area contributed by atoms with Crippen molar-refractivity contribution in [1.82, 2.24) is 0 Å². The molecular weight excluding hydrogens is 415 g/mol. The minimum Gasteiger partial charge on any atom is -0.460 e. The fraction of sp³-hybridized carbons (Fsp3) is 0.455.